The van der Waals surface area contributed by atoms with Gasteiger partial charge in [0.05, 0.1) is 22.1 Å². The second kappa shape index (κ2) is 12.1. The first-order valence-electron chi connectivity index (χ1n) is 12.8. The maximum absolute atomic E-state index is 14.0. The summed E-state index contributed by atoms with van der Waals surface area (Å²) in [5.74, 6) is -6.60. The minimum absolute atomic E-state index is 0.0363. The third-order valence-electron chi connectivity index (χ3n) is 6.64. The number of ether oxygens (including phenoxy) is 1. The van der Waals surface area contributed by atoms with Gasteiger partial charge >= 0.3 is 5.97 Å². The van der Waals surface area contributed by atoms with Crippen molar-refractivity contribution in [2.75, 3.05) is 23.8 Å². The molecule has 0 bridgehead atoms. The highest BCUT2D eigenvalue weighted by molar-refractivity contribution is 7.89. The van der Waals surface area contributed by atoms with Crippen LogP contribution in [0.4, 0.5) is 24.0 Å². The van der Waals surface area contributed by atoms with Crippen LogP contribution in [-0.2, 0) is 35.6 Å². The summed E-state index contributed by atoms with van der Waals surface area (Å²) in [5.41, 5.74) is 1.44. The summed E-state index contributed by atoms with van der Waals surface area (Å²) in [4.78, 5) is 40.3. The molecule has 0 aliphatic carbocycles. The molecule has 4 aromatic rings. The molecule has 15 heteroatoms. The number of anilines is 2. The largest absolute Gasteiger partial charge is 0.456 e. The molecule has 2 N–H and O–H groups in total. The molecule has 1 atom stereocenters. The molecule has 0 radical (unpaired) electrons. The van der Waals surface area contributed by atoms with E-state index in [1.165, 1.54) is 35.5 Å². The number of nitrogens with one attached hydrogen (secondary N) is 2. The van der Waals surface area contributed by atoms with Crippen LogP contribution in [0.25, 0.3) is 10.2 Å². The predicted molar refractivity (Wildman–Crippen MR) is 151 cm³/mol. The Labute approximate surface area is 247 Å². The van der Waals surface area contributed by atoms with Gasteiger partial charge in [0.1, 0.15) is 5.52 Å². The van der Waals surface area contributed by atoms with E-state index in [9.17, 15) is 36.0 Å². The minimum atomic E-state index is -4.10. The number of nitrogens with zero attached hydrogens (tertiary/aromatic N) is 2. The minimum Gasteiger partial charge on any atom is -0.456 e. The number of thiazole rings is 1. The Bertz CT molecular complexity index is 1850. The highest BCUT2D eigenvalue weighted by Gasteiger charge is 2.38. The third-order valence-corrected chi connectivity index (χ3v) is 9.48. The van der Waals surface area contributed by atoms with Gasteiger partial charge in [-0.15, -0.1) is 0 Å². The second-order valence-electron chi connectivity index (χ2n) is 9.55. The summed E-state index contributed by atoms with van der Waals surface area (Å²) in [5, 5.41) is 4.70. The van der Waals surface area contributed by atoms with Crippen LogP contribution in [0.3, 0.4) is 0 Å². The predicted octanol–water partition coefficient (Wildman–Crippen LogP) is 4.53. The fourth-order valence-corrected chi connectivity index (χ4v) is 7.23. The number of carbonyl (C=O) groups excluding carboxylic acids is 3. The molecule has 1 unspecified atom stereocenters. The first kappa shape index (κ1) is 30.1. The molecule has 2 heterocycles. The lowest BCUT2D eigenvalue weighted by atomic mass is 9.92. The van der Waals surface area contributed by atoms with Crippen LogP contribution in [-0.4, -0.2) is 48.6 Å². The molecule has 0 saturated heterocycles. The molecule has 0 saturated carbocycles. The molecule has 0 fully saturated rings. The van der Waals surface area contributed by atoms with Gasteiger partial charge in [0.25, 0.3) is 5.91 Å². The molecular formula is C28H23F3N4O6S2. The highest BCUT2D eigenvalue weighted by atomic mass is 32.2. The Morgan fingerprint density at radius 2 is 1.77 bits per heavy atom. The number of hydrogen-bond acceptors (Lipinski definition) is 8. The SMILES string of the molecule is CC(=O)Nc1ccc(S(=O)(=O)N2CCc3ccccc3C2CC(=O)OCC(=O)Nc2nc3c(F)c(F)c(F)cc3s2)cc1. The van der Waals surface area contributed by atoms with E-state index in [-0.39, 0.29) is 27.2 Å². The van der Waals surface area contributed by atoms with Crippen molar-refractivity contribution < 1.29 is 40.7 Å². The number of sulfonamides is 1. The molecule has 0 spiro atoms. The van der Waals surface area contributed by atoms with Gasteiger partial charge in [0, 0.05) is 19.2 Å². The van der Waals surface area contributed by atoms with Gasteiger partial charge < -0.3 is 10.1 Å². The Balaban J connectivity index is 1.29. The number of amides is 2. The van der Waals surface area contributed by atoms with Crippen LogP contribution in [0.5, 0.6) is 0 Å². The number of aromatic nitrogens is 1. The Kier molecular flexibility index (Phi) is 8.48. The van der Waals surface area contributed by atoms with Crippen molar-refractivity contribution in [3.63, 3.8) is 0 Å². The third kappa shape index (κ3) is 6.38. The van der Waals surface area contributed by atoms with Crippen molar-refractivity contribution in [2.45, 2.75) is 30.7 Å². The van der Waals surface area contributed by atoms with Gasteiger partial charge in [-0.3, -0.25) is 19.7 Å². The van der Waals surface area contributed by atoms with E-state index in [1.807, 2.05) is 6.07 Å². The standard InChI is InChI=1S/C28H23F3N4O6S2/c1-15(36)32-17-6-8-18(9-7-17)43(39,40)35-11-10-16-4-2-3-5-19(16)21(35)13-24(38)41-14-23(37)33-28-34-27-22(42-28)12-20(29)25(30)26(27)31/h2-9,12,21H,10-11,13-14H2,1H3,(H,32,36)(H,33,34,37). The van der Waals surface area contributed by atoms with Crippen LogP contribution in [0, 0.1) is 17.5 Å². The first-order valence-corrected chi connectivity index (χ1v) is 15.1. The van der Waals surface area contributed by atoms with Gasteiger partial charge in [0.2, 0.25) is 15.9 Å². The number of carbonyl (C=O) groups is 3. The monoisotopic (exact) mass is 632 g/mol. The van der Waals surface area contributed by atoms with Gasteiger partial charge in [-0.2, -0.15) is 4.31 Å². The van der Waals surface area contributed by atoms with Crippen LogP contribution in [0.2, 0.25) is 0 Å². The van der Waals surface area contributed by atoms with Crippen LogP contribution in [0.15, 0.2) is 59.5 Å². The summed E-state index contributed by atoms with van der Waals surface area (Å²) in [6.45, 7) is 0.641. The van der Waals surface area contributed by atoms with E-state index in [1.54, 1.807) is 18.2 Å². The molecule has 5 rings (SSSR count). The topological polar surface area (TPSA) is 135 Å². The lowest BCUT2D eigenvalue weighted by molar-refractivity contribution is -0.148. The average Bonchev–Trinajstić information content (AvgIpc) is 3.37. The van der Waals surface area contributed by atoms with Crippen molar-refractivity contribution in [2.24, 2.45) is 0 Å². The fraction of sp³-hybridized carbons (Fsp3) is 0.214. The second-order valence-corrected chi connectivity index (χ2v) is 12.5. The lowest BCUT2D eigenvalue weighted by Gasteiger charge is -2.36. The first-order chi connectivity index (χ1) is 20.4. The maximum Gasteiger partial charge on any atom is 0.308 e. The molecule has 43 heavy (non-hydrogen) atoms. The van der Waals surface area contributed by atoms with Gasteiger partial charge in [-0.25, -0.2) is 26.6 Å². The number of hydrogen-bond donors (Lipinski definition) is 2. The summed E-state index contributed by atoms with van der Waals surface area (Å²) < 4.78 is 74.6. The molecule has 10 nitrogen and oxygen atoms in total. The summed E-state index contributed by atoms with van der Waals surface area (Å²) >= 11 is 0.698. The van der Waals surface area contributed by atoms with E-state index in [0.717, 1.165) is 11.6 Å². The molecule has 1 aromatic heterocycles. The van der Waals surface area contributed by atoms with Gasteiger partial charge in [0.15, 0.2) is 29.2 Å². The zero-order valence-electron chi connectivity index (χ0n) is 22.4. The van der Waals surface area contributed by atoms with E-state index < -0.39 is 63.9 Å². The smallest absolute Gasteiger partial charge is 0.308 e. The number of halogens is 3. The Hall–Kier alpha value is -4.34. The number of rotatable bonds is 8. The highest BCUT2D eigenvalue weighted by Crippen LogP contribution is 2.37. The molecule has 3 aromatic carbocycles. The van der Waals surface area contributed by atoms with Gasteiger partial charge in [-0.05, 0) is 47.9 Å². The maximum atomic E-state index is 14.0. The van der Waals surface area contributed by atoms with Crippen molar-refractivity contribution >= 4 is 60.2 Å². The summed E-state index contributed by atoms with van der Waals surface area (Å²) in [6, 6.07) is 12.5. The van der Waals surface area contributed by atoms with Crippen LogP contribution < -0.4 is 10.6 Å². The molecular weight excluding hydrogens is 609 g/mol. The van der Waals surface area contributed by atoms with E-state index in [0.29, 0.717) is 29.0 Å². The summed E-state index contributed by atoms with van der Waals surface area (Å²) in [7, 11) is -4.10. The van der Waals surface area contributed by atoms with E-state index in [4.69, 9.17) is 4.74 Å². The Morgan fingerprint density at radius 1 is 1.05 bits per heavy atom. The lowest BCUT2D eigenvalue weighted by Crippen LogP contribution is -2.41. The zero-order chi connectivity index (χ0) is 30.9. The van der Waals surface area contributed by atoms with Crippen molar-refractivity contribution in [1.29, 1.82) is 0 Å². The molecule has 1 aliphatic heterocycles. The normalized spacial score (nSPS) is 15.1. The quantitative estimate of drug-likeness (QED) is 0.215. The number of esters is 1. The average molecular weight is 633 g/mol. The molecule has 2 amide bonds. The fourth-order valence-electron chi connectivity index (χ4n) is 4.72. The van der Waals surface area contributed by atoms with E-state index in [2.05, 4.69) is 15.6 Å². The summed E-state index contributed by atoms with van der Waals surface area (Å²) in [6.07, 6.45) is 0.00228. The van der Waals surface area contributed by atoms with Crippen molar-refractivity contribution in [3.8, 4) is 0 Å². The van der Waals surface area contributed by atoms with Crippen molar-refractivity contribution in [3.05, 3.63) is 83.2 Å². The number of fused-ring (bicyclic) bond motifs is 2. The Morgan fingerprint density at radius 3 is 2.49 bits per heavy atom. The van der Waals surface area contributed by atoms with Gasteiger partial charge in [-0.1, -0.05) is 35.6 Å². The molecule has 1 aliphatic rings. The van der Waals surface area contributed by atoms with Crippen LogP contribution in [0.1, 0.15) is 30.5 Å². The number of benzene rings is 3. The zero-order valence-corrected chi connectivity index (χ0v) is 24.0. The van der Waals surface area contributed by atoms with E-state index >= 15 is 0 Å². The van der Waals surface area contributed by atoms with Crippen LogP contribution >= 0.6 is 11.3 Å². The molecule has 224 valence electrons. The van der Waals surface area contributed by atoms with Crippen molar-refractivity contribution in [1.82, 2.24) is 9.29 Å².